The van der Waals surface area contributed by atoms with Gasteiger partial charge in [0.1, 0.15) is 23.1 Å². The van der Waals surface area contributed by atoms with Crippen LogP contribution < -0.4 is 4.90 Å². The second kappa shape index (κ2) is 5.29. The lowest BCUT2D eigenvalue weighted by Crippen LogP contribution is -2.21. The van der Waals surface area contributed by atoms with E-state index >= 15 is 0 Å². The lowest BCUT2D eigenvalue weighted by Gasteiger charge is -2.22. The van der Waals surface area contributed by atoms with E-state index in [4.69, 9.17) is 11.6 Å². The quantitative estimate of drug-likeness (QED) is 0.698. The van der Waals surface area contributed by atoms with Crippen LogP contribution in [0.3, 0.4) is 0 Å². The average Bonchev–Trinajstić information content (AvgIpc) is 2.90. The lowest BCUT2D eigenvalue weighted by atomic mass is 10.2. The summed E-state index contributed by atoms with van der Waals surface area (Å²) in [7, 11) is 1.92. The third kappa shape index (κ3) is 2.54. The molecule has 2 heterocycles. The number of fused-ring (bicyclic) bond motifs is 1. The smallest absolute Gasteiger partial charge is 0.255 e. The van der Waals surface area contributed by atoms with E-state index in [-0.39, 0.29) is 5.82 Å². The zero-order valence-electron chi connectivity index (χ0n) is 11.6. The maximum absolute atomic E-state index is 13.0. The molecule has 108 valence electrons. The first kappa shape index (κ1) is 13.8. The molecule has 0 unspecified atom stereocenters. The molecule has 7 heteroatoms. The molecule has 0 atom stereocenters. The summed E-state index contributed by atoms with van der Waals surface area (Å²) < 4.78 is 14.6. The van der Waals surface area contributed by atoms with Gasteiger partial charge in [0.25, 0.3) is 5.78 Å². The third-order valence-corrected chi connectivity index (χ3v) is 3.64. The Morgan fingerprint density at radius 1 is 1.29 bits per heavy atom. The van der Waals surface area contributed by atoms with Gasteiger partial charge in [-0.05, 0) is 24.6 Å². The molecule has 0 aliphatic heterocycles. The normalized spacial score (nSPS) is 11.0. The average molecular weight is 306 g/mol. The second-order valence-corrected chi connectivity index (χ2v) is 5.16. The summed E-state index contributed by atoms with van der Waals surface area (Å²) in [6.07, 6.45) is 1.44. The van der Waals surface area contributed by atoms with E-state index < -0.39 is 0 Å². The van der Waals surface area contributed by atoms with E-state index in [0.29, 0.717) is 17.5 Å². The highest BCUT2D eigenvalue weighted by Crippen LogP contribution is 2.25. The third-order valence-electron chi connectivity index (χ3n) is 3.27. The number of halogens is 2. The van der Waals surface area contributed by atoms with Gasteiger partial charge in [0.05, 0.1) is 0 Å². The summed E-state index contributed by atoms with van der Waals surface area (Å²) >= 11 is 6.15. The van der Waals surface area contributed by atoms with Gasteiger partial charge in [0, 0.05) is 19.2 Å². The number of hydrogen-bond donors (Lipinski definition) is 0. The molecule has 5 nitrogen and oxygen atoms in total. The van der Waals surface area contributed by atoms with Crippen molar-refractivity contribution in [3.8, 4) is 0 Å². The number of rotatable bonds is 3. The van der Waals surface area contributed by atoms with Crippen LogP contribution in [0.15, 0.2) is 30.6 Å². The predicted molar refractivity (Wildman–Crippen MR) is 79.0 cm³/mol. The monoisotopic (exact) mass is 305 g/mol. The van der Waals surface area contributed by atoms with E-state index in [0.717, 1.165) is 16.9 Å². The van der Waals surface area contributed by atoms with Crippen molar-refractivity contribution in [2.75, 3.05) is 11.9 Å². The molecule has 0 radical (unpaired) electrons. The second-order valence-electron chi connectivity index (χ2n) is 4.81. The first-order chi connectivity index (χ1) is 10.1. The van der Waals surface area contributed by atoms with Gasteiger partial charge >= 0.3 is 0 Å². The Morgan fingerprint density at radius 2 is 2.00 bits per heavy atom. The molecule has 3 rings (SSSR count). The van der Waals surface area contributed by atoms with Gasteiger partial charge in [0.15, 0.2) is 0 Å². The number of aromatic nitrogens is 4. The van der Waals surface area contributed by atoms with Crippen molar-refractivity contribution in [3.05, 3.63) is 52.7 Å². The molecular weight excluding hydrogens is 293 g/mol. The van der Waals surface area contributed by atoms with Gasteiger partial charge in [-0.3, -0.25) is 0 Å². The van der Waals surface area contributed by atoms with Crippen LogP contribution in [0.4, 0.5) is 10.2 Å². The molecule has 0 saturated heterocycles. The summed E-state index contributed by atoms with van der Waals surface area (Å²) in [6.45, 7) is 2.48. The van der Waals surface area contributed by atoms with Gasteiger partial charge in [-0.1, -0.05) is 23.7 Å². The Labute approximate surface area is 126 Å². The molecule has 0 spiro atoms. The molecule has 0 aliphatic rings. The minimum atomic E-state index is -0.247. The molecule has 0 fully saturated rings. The zero-order chi connectivity index (χ0) is 15.0. The molecular formula is C14H13ClFN5. The van der Waals surface area contributed by atoms with Crippen LogP contribution in [0.2, 0.25) is 5.15 Å². The van der Waals surface area contributed by atoms with Crippen molar-refractivity contribution in [1.82, 2.24) is 19.6 Å². The molecule has 0 bridgehead atoms. The molecule has 3 aromatic rings. The fourth-order valence-electron chi connectivity index (χ4n) is 2.27. The van der Waals surface area contributed by atoms with E-state index in [1.165, 1.54) is 18.5 Å². The summed E-state index contributed by atoms with van der Waals surface area (Å²) in [5, 5.41) is 4.58. The summed E-state index contributed by atoms with van der Waals surface area (Å²) in [4.78, 5) is 10.2. The van der Waals surface area contributed by atoms with Crippen molar-refractivity contribution in [1.29, 1.82) is 0 Å². The Balaban J connectivity index is 2.01. The highest BCUT2D eigenvalue weighted by Gasteiger charge is 2.16. The van der Waals surface area contributed by atoms with Crippen LogP contribution in [0.25, 0.3) is 5.78 Å². The maximum atomic E-state index is 13.0. The van der Waals surface area contributed by atoms with Crippen molar-refractivity contribution in [2.24, 2.45) is 0 Å². The summed E-state index contributed by atoms with van der Waals surface area (Å²) in [5.74, 6) is 1.02. The van der Waals surface area contributed by atoms with Crippen LogP contribution in [0, 0.1) is 12.7 Å². The van der Waals surface area contributed by atoms with Gasteiger partial charge in [0.2, 0.25) is 0 Å². The minimum Gasteiger partial charge on any atom is -0.355 e. The molecule has 2 aromatic heterocycles. The van der Waals surface area contributed by atoms with Crippen LogP contribution in [0.5, 0.6) is 0 Å². The molecule has 0 N–H and O–H groups in total. The first-order valence-corrected chi connectivity index (χ1v) is 6.75. The van der Waals surface area contributed by atoms with Crippen molar-refractivity contribution in [3.63, 3.8) is 0 Å². The Kier molecular flexibility index (Phi) is 3.47. The molecule has 0 saturated carbocycles. The van der Waals surface area contributed by atoms with Crippen molar-refractivity contribution in [2.45, 2.75) is 13.5 Å². The fraction of sp³-hybridized carbons (Fsp3) is 0.214. The van der Waals surface area contributed by atoms with Crippen LogP contribution in [0.1, 0.15) is 11.1 Å². The number of hydrogen-bond acceptors (Lipinski definition) is 4. The highest BCUT2D eigenvalue weighted by atomic mass is 35.5. The van der Waals surface area contributed by atoms with Crippen LogP contribution in [-0.4, -0.2) is 26.6 Å². The van der Waals surface area contributed by atoms with Gasteiger partial charge in [-0.2, -0.15) is 19.6 Å². The molecule has 1 aromatic carbocycles. The maximum Gasteiger partial charge on any atom is 0.255 e. The van der Waals surface area contributed by atoms with Crippen molar-refractivity contribution < 1.29 is 4.39 Å². The first-order valence-electron chi connectivity index (χ1n) is 6.37. The standard InChI is InChI=1S/C14H13ClFN5/c1-9-12(15)19-14-17-8-18-21(14)13(9)20(2)7-10-3-5-11(16)6-4-10/h3-6,8H,7H2,1-2H3. The zero-order valence-corrected chi connectivity index (χ0v) is 12.3. The number of anilines is 1. The Bertz CT molecular complexity index is 784. The van der Waals surface area contributed by atoms with Crippen LogP contribution in [-0.2, 0) is 6.54 Å². The lowest BCUT2D eigenvalue weighted by molar-refractivity contribution is 0.626. The van der Waals surface area contributed by atoms with Crippen LogP contribution >= 0.6 is 11.6 Å². The molecule has 0 aliphatic carbocycles. The number of benzene rings is 1. The largest absolute Gasteiger partial charge is 0.355 e. The van der Waals surface area contributed by atoms with Gasteiger partial charge < -0.3 is 4.90 Å². The Morgan fingerprint density at radius 3 is 2.71 bits per heavy atom. The molecule has 0 amide bonds. The minimum absolute atomic E-state index is 0.247. The molecule has 21 heavy (non-hydrogen) atoms. The number of nitrogens with zero attached hydrogens (tertiary/aromatic N) is 5. The van der Waals surface area contributed by atoms with E-state index in [1.54, 1.807) is 16.6 Å². The highest BCUT2D eigenvalue weighted by molar-refractivity contribution is 6.30. The van der Waals surface area contributed by atoms with E-state index in [2.05, 4.69) is 15.1 Å². The topological polar surface area (TPSA) is 46.3 Å². The van der Waals surface area contributed by atoms with Gasteiger partial charge in [-0.25, -0.2) is 4.39 Å². The van der Waals surface area contributed by atoms with E-state index in [9.17, 15) is 4.39 Å². The fourth-order valence-corrected chi connectivity index (χ4v) is 2.43. The SMILES string of the molecule is Cc1c(Cl)nc2ncnn2c1N(C)Cc1ccc(F)cc1. The Hall–Kier alpha value is -2.21. The summed E-state index contributed by atoms with van der Waals surface area (Å²) in [5.41, 5.74) is 1.80. The predicted octanol–water partition coefficient (Wildman–Crippen LogP) is 2.86. The van der Waals surface area contributed by atoms with E-state index in [1.807, 2.05) is 18.9 Å². The summed E-state index contributed by atoms with van der Waals surface area (Å²) in [6, 6.07) is 6.40. The van der Waals surface area contributed by atoms with Crippen molar-refractivity contribution >= 4 is 23.2 Å². The van der Waals surface area contributed by atoms with Gasteiger partial charge in [-0.15, -0.1) is 0 Å².